The summed E-state index contributed by atoms with van der Waals surface area (Å²) < 4.78 is 39.0. The maximum absolute atomic E-state index is 9.75. The van der Waals surface area contributed by atoms with Crippen LogP contribution in [-0.2, 0) is 0 Å². The fraction of sp³-hybridized carbons (Fsp3) is 0.778. The minimum Gasteiger partial charge on any atom is -0.418 e. The van der Waals surface area contributed by atoms with Crippen molar-refractivity contribution >= 4 is 18.9 Å². The van der Waals surface area contributed by atoms with Gasteiger partial charge in [-0.1, -0.05) is 11.6 Å². The molecular formula is C9H17BClF4N2-. The van der Waals surface area contributed by atoms with Crippen LogP contribution < -0.4 is 0 Å². The lowest BCUT2D eigenvalue weighted by Gasteiger charge is -2.32. The van der Waals surface area contributed by atoms with Crippen molar-refractivity contribution in [3.05, 3.63) is 12.4 Å². The van der Waals surface area contributed by atoms with Crippen LogP contribution >= 0.6 is 11.6 Å². The first-order valence-corrected chi connectivity index (χ1v) is 5.72. The molecule has 102 valence electrons. The molecule has 1 aliphatic rings. The van der Waals surface area contributed by atoms with Gasteiger partial charge in [-0.25, -0.2) is 0 Å². The van der Waals surface area contributed by atoms with Crippen LogP contribution in [-0.4, -0.2) is 34.8 Å². The lowest BCUT2D eigenvalue weighted by Crippen LogP contribution is -2.40. The number of rotatable bonds is 2. The molecule has 0 aromatic rings. The molecule has 0 spiro atoms. The molecule has 0 saturated heterocycles. The summed E-state index contributed by atoms with van der Waals surface area (Å²) in [5.74, 6) is 0. The van der Waals surface area contributed by atoms with Crippen LogP contribution in [0, 0.1) is 0 Å². The number of nitrogens with zero attached hydrogens (tertiary/aromatic N) is 2. The highest BCUT2D eigenvalue weighted by Crippen LogP contribution is 2.23. The third-order valence-electron chi connectivity index (χ3n) is 2.10. The zero-order valence-corrected chi connectivity index (χ0v) is 11.0. The maximum Gasteiger partial charge on any atom is 0.673 e. The Kier molecular flexibility index (Phi) is 6.16. The summed E-state index contributed by atoms with van der Waals surface area (Å²) in [5.41, 5.74) is -0.00926. The first kappa shape index (κ1) is 16.4. The van der Waals surface area contributed by atoms with E-state index in [0.717, 1.165) is 0 Å². The van der Waals surface area contributed by atoms with Gasteiger partial charge in [0.1, 0.15) is 0 Å². The molecule has 0 N–H and O–H groups in total. The third-order valence-corrected chi connectivity index (χ3v) is 2.55. The second-order valence-corrected chi connectivity index (χ2v) is 4.58. The fourth-order valence-corrected chi connectivity index (χ4v) is 1.87. The highest BCUT2D eigenvalue weighted by molar-refractivity contribution is 6.50. The fourth-order valence-electron chi connectivity index (χ4n) is 1.29. The predicted octanol–water partition coefficient (Wildman–Crippen LogP) is 3.71. The van der Waals surface area contributed by atoms with Crippen molar-refractivity contribution in [2.45, 2.75) is 45.4 Å². The van der Waals surface area contributed by atoms with Crippen molar-refractivity contribution in [3.8, 4) is 0 Å². The maximum atomic E-state index is 9.75. The molecule has 0 atom stereocenters. The molecular weight excluding hydrogens is 258 g/mol. The van der Waals surface area contributed by atoms with Crippen molar-refractivity contribution in [2.75, 3.05) is 0 Å². The molecule has 0 bridgehead atoms. The topological polar surface area (TPSA) is 6.48 Å². The van der Waals surface area contributed by atoms with Crippen LogP contribution in [0.1, 0.15) is 27.7 Å². The normalized spacial score (nSPS) is 16.9. The van der Waals surface area contributed by atoms with Gasteiger partial charge in [0.05, 0.1) is 0 Å². The minimum absolute atomic E-state index is 0.00926. The summed E-state index contributed by atoms with van der Waals surface area (Å²) in [7, 11) is -6.00. The molecule has 1 aliphatic heterocycles. The Morgan fingerprint density at radius 2 is 1.18 bits per heavy atom. The standard InChI is InChI=1S/C9H17ClN2.BF4/c1-7(2)11-5-6-12(8(3)4)9(11)10;2-1(3,4)5/h5-9H,1-4H3;/q;-1. The van der Waals surface area contributed by atoms with Crippen LogP contribution in [0.4, 0.5) is 17.3 Å². The highest BCUT2D eigenvalue weighted by Gasteiger charge is 2.26. The SMILES string of the molecule is CC(C)N1C=CN(C(C)C)C1Cl.F[B-](F)(F)F. The van der Waals surface area contributed by atoms with Crippen LogP contribution in [0.5, 0.6) is 0 Å². The van der Waals surface area contributed by atoms with Crippen molar-refractivity contribution < 1.29 is 17.3 Å². The summed E-state index contributed by atoms with van der Waals surface area (Å²) in [4.78, 5) is 4.28. The van der Waals surface area contributed by atoms with Crippen molar-refractivity contribution in [1.82, 2.24) is 9.80 Å². The van der Waals surface area contributed by atoms with E-state index in [1.165, 1.54) is 0 Å². The molecule has 0 unspecified atom stereocenters. The molecule has 0 aromatic heterocycles. The van der Waals surface area contributed by atoms with E-state index in [0.29, 0.717) is 12.1 Å². The number of halogens is 5. The van der Waals surface area contributed by atoms with Crippen molar-refractivity contribution in [3.63, 3.8) is 0 Å². The molecule has 0 fully saturated rings. The molecule has 17 heavy (non-hydrogen) atoms. The molecule has 0 saturated carbocycles. The van der Waals surface area contributed by atoms with E-state index in [9.17, 15) is 17.3 Å². The summed E-state index contributed by atoms with van der Waals surface area (Å²) >= 11 is 6.22. The molecule has 1 heterocycles. The minimum atomic E-state index is -6.00. The lowest BCUT2D eigenvalue weighted by molar-refractivity contribution is 0.169. The Morgan fingerprint density at radius 3 is 1.29 bits per heavy atom. The van der Waals surface area contributed by atoms with Crippen molar-refractivity contribution in [1.29, 1.82) is 0 Å². The van der Waals surface area contributed by atoms with E-state index in [-0.39, 0.29) is 5.62 Å². The predicted molar refractivity (Wildman–Crippen MR) is 62.9 cm³/mol. The molecule has 8 heteroatoms. The Bertz CT molecular complexity index is 234. The molecule has 0 radical (unpaired) electrons. The van der Waals surface area contributed by atoms with Gasteiger partial charge in [-0.15, -0.1) is 0 Å². The first-order chi connectivity index (χ1) is 7.54. The number of alkyl halides is 1. The monoisotopic (exact) mass is 275 g/mol. The van der Waals surface area contributed by atoms with Gasteiger partial charge >= 0.3 is 7.25 Å². The smallest absolute Gasteiger partial charge is 0.418 e. The van der Waals surface area contributed by atoms with Crippen LogP contribution in [0.25, 0.3) is 0 Å². The summed E-state index contributed by atoms with van der Waals surface area (Å²) in [6, 6.07) is 0.931. The van der Waals surface area contributed by atoms with Gasteiger partial charge < -0.3 is 27.1 Å². The zero-order valence-electron chi connectivity index (χ0n) is 10.2. The lowest BCUT2D eigenvalue weighted by atomic mass is 10.3. The Hall–Kier alpha value is -0.585. The average Bonchev–Trinajstić information content (AvgIpc) is 2.43. The quantitative estimate of drug-likeness (QED) is 0.328. The summed E-state index contributed by atoms with van der Waals surface area (Å²) in [5, 5.41) is 0. The second-order valence-electron chi connectivity index (χ2n) is 4.19. The van der Waals surface area contributed by atoms with E-state index in [4.69, 9.17) is 11.6 Å². The largest absolute Gasteiger partial charge is 0.673 e. The van der Waals surface area contributed by atoms with Crippen LogP contribution in [0.15, 0.2) is 12.4 Å². The number of hydrogen-bond donors (Lipinski definition) is 0. The Balaban J connectivity index is 0.000000437. The van der Waals surface area contributed by atoms with Gasteiger partial charge in [0.15, 0.2) is 5.62 Å². The Morgan fingerprint density at radius 1 is 0.941 bits per heavy atom. The average molecular weight is 276 g/mol. The number of hydrogen-bond acceptors (Lipinski definition) is 2. The van der Waals surface area contributed by atoms with Gasteiger partial charge in [0, 0.05) is 24.5 Å². The second kappa shape index (κ2) is 6.38. The molecule has 0 aromatic carbocycles. The Labute approximate surface area is 104 Å². The summed E-state index contributed by atoms with van der Waals surface area (Å²) in [6.07, 6.45) is 4.12. The third kappa shape index (κ3) is 6.66. The van der Waals surface area contributed by atoms with E-state index < -0.39 is 7.25 Å². The highest BCUT2D eigenvalue weighted by atomic mass is 35.5. The van der Waals surface area contributed by atoms with E-state index in [1.54, 1.807) is 0 Å². The molecule has 1 rings (SSSR count). The van der Waals surface area contributed by atoms with Gasteiger partial charge in [-0.2, -0.15) is 0 Å². The van der Waals surface area contributed by atoms with Gasteiger partial charge in [-0.3, -0.25) is 0 Å². The molecule has 2 nitrogen and oxygen atoms in total. The van der Waals surface area contributed by atoms with E-state index in [1.807, 2.05) is 0 Å². The van der Waals surface area contributed by atoms with Gasteiger partial charge in [0.2, 0.25) is 0 Å². The molecule has 0 amide bonds. The van der Waals surface area contributed by atoms with Crippen LogP contribution in [0.3, 0.4) is 0 Å². The van der Waals surface area contributed by atoms with Crippen LogP contribution in [0.2, 0.25) is 0 Å². The van der Waals surface area contributed by atoms with Crippen molar-refractivity contribution in [2.24, 2.45) is 0 Å². The molecule has 0 aliphatic carbocycles. The first-order valence-electron chi connectivity index (χ1n) is 5.28. The van der Waals surface area contributed by atoms with Gasteiger partial charge in [0.25, 0.3) is 0 Å². The van der Waals surface area contributed by atoms with Gasteiger partial charge in [-0.05, 0) is 27.7 Å². The summed E-state index contributed by atoms with van der Waals surface area (Å²) in [6.45, 7) is 8.57. The van der Waals surface area contributed by atoms with E-state index >= 15 is 0 Å². The van der Waals surface area contributed by atoms with E-state index in [2.05, 4.69) is 49.9 Å². The zero-order chi connectivity index (χ0) is 13.8.